The van der Waals surface area contributed by atoms with E-state index in [1.807, 2.05) is 60.9 Å². The number of nitrogens with zero attached hydrogens (tertiary/aromatic N) is 4. The molecule has 0 aliphatic carbocycles. The summed E-state index contributed by atoms with van der Waals surface area (Å²) in [5, 5.41) is 20.8. The van der Waals surface area contributed by atoms with Crippen LogP contribution in [0.15, 0.2) is 70.3 Å². The number of rotatable bonds is 12. The van der Waals surface area contributed by atoms with Crippen LogP contribution in [0.1, 0.15) is 29.1 Å². The second kappa shape index (κ2) is 13.2. The number of ether oxygens (including phenoxy) is 3. The Balaban J connectivity index is 1.62. The fraction of sp³-hybridized carbons (Fsp3) is 0.259. The van der Waals surface area contributed by atoms with Crippen LogP contribution in [0.4, 0.5) is 0 Å². The van der Waals surface area contributed by atoms with Gasteiger partial charge in [0.25, 0.3) is 0 Å². The molecule has 0 saturated heterocycles. The third-order valence-corrected chi connectivity index (χ3v) is 7.71. The van der Waals surface area contributed by atoms with Crippen LogP contribution in [0.5, 0.6) is 17.2 Å². The van der Waals surface area contributed by atoms with Crippen LogP contribution in [0.2, 0.25) is 5.02 Å². The predicted octanol–water partition coefficient (Wildman–Crippen LogP) is 7.09. The first-order valence-electron chi connectivity index (χ1n) is 12.0. The number of halogens is 2. The van der Waals surface area contributed by atoms with E-state index in [1.54, 1.807) is 18.2 Å². The molecule has 39 heavy (non-hydrogen) atoms. The van der Waals surface area contributed by atoms with Gasteiger partial charge in [0.15, 0.2) is 16.7 Å². The summed E-state index contributed by atoms with van der Waals surface area (Å²) in [6.07, 6.45) is 0. The average molecular weight is 634 g/mol. The number of methoxy groups -OCH3 is 1. The van der Waals surface area contributed by atoms with E-state index in [0.29, 0.717) is 50.8 Å². The van der Waals surface area contributed by atoms with Crippen LogP contribution in [0.25, 0.3) is 5.69 Å². The zero-order valence-corrected chi connectivity index (χ0v) is 24.6. The lowest BCUT2D eigenvalue weighted by atomic mass is 10.1. The fourth-order valence-corrected chi connectivity index (χ4v) is 5.70. The molecule has 1 atom stereocenters. The van der Waals surface area contributed by atoms with Gasteiger partial charge in [-0.25, -0.2) is 0 Å². The Hall–Kier alpha value is -3.28. The van der Waals surface area contributed by atoms with Gasteiger partial charge >= 0.3 is 0 Å². The minimum Gasteiger partial charge on any atom is -0.494 e. The molecule has 1 heterocycles. The minimum atomic E-state index is -0.583. The highest BCUT2D eigenvalue weighted by Crippen LogP contribution is 2.43. The van der Waals surface area contributed by atoms with Crippen molar-refractivity contribution in [2.24, 2.45) is 0 Å². The Morgan fingerprint density at radius 2 is 1.82 bits per heavy atom. The van der Waals surface area contributed by atoms with Crippen molar-refractivity contribution < 1.29 is 19.1 Å². The molecule has 1 aromatic heterocycles. The molecule has 204 valence electrons. The number of aryl methyl sites for hydroxylation is 1. The Labute approximate surface area is 243 Å². The third kappa shape index (κ3) is 7.23. The van der Waals surface area contributed by atoms with Gasteiger partial charge < -0.3 is 14.2 Å². The third-order valence-electron chi connectivity index (χ3n) is 5.68. The molecule has 12 heteroatoms. The number of hydrogen-bond donors (Lipinski definition) is 0. The molecule has 3 aromatic carbocycles. The van der Waals surface area contributed by atoms with Crippen LogP contribution >= 0.6 is 39.3 Å². The highest BCUT2D eigenvalue weighted by atomic mass is 79.9. The molecular formula is C27H26BrClN4O5S. The average Bonchev–Trinajstić information content (AvgIpc) is 3.28. The van der Waals surface area contributed by atoms with E-state index < -0.39 is 5.25 Å². The van der Waals surface area contributed by atoms with Crippen molar-refractivity contribution in [2.45, 2.75) is 30.9 Å². The molecule has 0 unspecified atom stereocenters. The number of nitro groups is 1. The van der Waals surface area contributed by atoms with Crippen molar-refractivity contribution in [3.05, 3.63) is 97.2 Å². The van der Waals surface area contributed by atoms with Crippen LogP contribution in [0.3, 0.4) is 0 Å². The molecule has 0 amide bonds. The van der Waals surface area contributed by atoms with E-state index in [2.05, 4.69) is 26.1 Å². The van der Waals surface area contributed by atoms with Gasteiger partial charge in [-0.1, -0.05) is 35.5 Å². The zero-order chi connectivity index (χ0) is 27.9. The molecule has 4 aromatic rings. The molecule has 0 fully saturated rings. The highest BCUT2D eigenvalue weighted by Gasteiger charge is 2.26. The van der Waals surface area contributed by atoms with Crippen LogP contribution < -0.4 is 14.2 Å². The van der Waals surface area contributed by atoms with Crippen molar-refractivity contribution in [1.82, 2.24) is 14.8 Å². The second-order valence-electron chi connectivity index (χ2n) is 8.36. The Morgan fingerprint density at radius 3 is 2.46 bits per heavy atom. The summed E-state index contributed by atoms with van der Waals surface area (Å²) in [5.41, 5.74) is 2.44. The molecule has 4 rings (SSSR count). The smallest absolute Gasteiger partial charge is 0.220 e. The molecule has 9 nitrogen and oxygen atoms in total. The Kier molecular flexibility index (Phi) is 9.71. The molecule has 0 N–H and O–H groups in total. The Morgan fingerprint density at radius 1 is 1.10 bits per heavy atom. The molecule has 0 bridgehead atoms. The van der Waals surface area contributed by atoms with E-state index in [1.165, 1.54) is 18.9 Å². The normalized spacial score (nSPS) is 11.7. The lowest BCUT2D eigenvalue weighted by Crippen LogP contribution is -2.12. The fourth-order valence-electron chi connectivity index (χ4n) is 3.85. The molecular weight excluding hydrogens is 608 g/mol. The SMILES string of the molecule is CCOc1ccc(-n2c(C)nnc2S[C@H](C[N+](=O)[O-])c2cc(Br)c(OCc3ccc(Cl)cc3)c(OC)c2)cc1. The number of hydrogen-bond acceptors (Lipinski definition) is 8. The zero-order valence-electron chi connectivity index (χ0n) is 21.5. The highest BCUT2D eigenvalue weighted by molar-refractivity contribution is 9.10. The summed E-state index contributed by atoms with van der Waals surface area (Å²) in [5.74, 6) is 2.36. The first kappa shape index (κ1) is 28.7. The second-order valence-corrected chi connectivity index (χ2v) is 10.8. The monoisotopic (exact) mass is 632 g/mol. The van der Waals surface area contributed by atoms with Crippen molar-refractivity contribution in [2.75, 3.05) is 20.3 Å². The quantitative estimate of drug-likeness (QED) is 0.0926. The molecule has 0 saturated carbocycles. The summed E-state index contributed by atoms with van der Waals surface area (Å²) in [4.78, 5) is 11.3. The maximum atomic E-state index is 11.7. The van der Waals surface area contributed by atoms with Gasteiger partial charge in [0.05, 0.1) is 18.2 Å². The van der Waals surface area contributed by atoms with Gasteiger partial charge in [-0.2, -0.15) is 0 Å². The van der Waals surface area contributed by atoms with Crippen LogP contribution in [-0.4, -0.2) is 39.9 Å². The lowest BCUT2D eigenvalue weighted by molar-refractivity contribution is -0.479. The van der Waals surface area contributed by atoms with E-state index in [-0.39, 0.29) is 11.5 Å². The predicted molar refractivity (Wildman–Crippen MR) is 154 cm³/mol. The topological polar surface area (TPSA) is 102 Å². The minimum absolute atomic E-state index is 0.295. The number of benzene rings is 3. The van der Waals surface area contributed by atoms with Gasteiger partial charge in [-0.3, -0.25) is 14.7 Å². The Bertz CT molecular complexity index is 1430. The van der Waals surface area contributed by atoms with Crippen molar-refractivity contribution in [3.63, 3.8) is 0 Å². The largest absolute Gasteiger partial charge is 0.494 e. The van der Waals surface area contributed by atoms with Crippen molar-refractivity contribution >= 4 is 39.3 Å². The van der Waals surface area contributed by atoms with Gasteiger partial charge in [-0.15, -0.1) is 10.2 Å². The number of thioether (sulfide) groups is 1. The lowest BCUT2D eigenvalue weighted by Gasteiger charge is -2.18. The summed E-state index contributed by atoms with van der Waals surface area (Å²) < 4.78 is 19.7. The molecule has 0 spiro atoms. The van der Waals surface area contributed by atoms with Gasteiger partial charge in [0, 0.05) is 15.6 Å². The van der Waals surface area contributed by atoms with E-state index in [4.69, 9.17) is 25.8 Å². The first-order valence-corrected chi connectivity index (χ1v) is 14.0. The van der Waals surface area contributed by atoms with Crippen LogP contribution in [0, 0.1) is 17.0 Å². The first-order chi connectivity index (χ1) is 18.8. The number of aromatic nitrogens is 3. The summed E-state index contributed by atoms with van der Waals surface area (Å²) in [7, 11) is 1.53. The maximum Gasteiger partial charge on any atom is 0.220 e. The summed E-state index contributed by atoms with van der Waals surface area (Å²) in [6, 6.07) is 18.5. The van der Waals surface area contributed by atoms with Crippen LogP contribution in [-0.2, 0) is 6.61 Å². The van der Waals surface area contributed by atoms with E-state index in [9.17, 15) is 10.1 Å². The standard InChI is InChI=1S/C27H26BrClN4O5S/c1-4-37-22-11-9-21(10-12-22)33-17(2)30-31-27(33)39-25(15-32(34)35)19-13-23(28)26(24(14-19)36-3)38-16-18-5-7-20(29)8-6-18/h5-14,25H,4,15-16H2,1-3H3/t25-/m1/s1. The van der Waals surface area contributed by atoms with Gasteiger partial charge in [0.2, 0.25) is 6.54 Å². The molecule has 0 aliphatic heterocycles. The van der Waals surface area contributed by atoms with Gasteiger partial charge in [-0.05, 0) is 89.4 Å². The van der Waals surface area contributed by atoms with Crippen molar-refractivity contribution in [1.29, 1.82) is 0 Å². The van der Waals surface area contributed by atoms with E-state index >= 15 is 0 Å². The summed E-state index contributed by atoms with van der Waals surface area (Å²) >= 11 is 10.8. The summed E-state index contributed by atoms with van der Waals surface area (Å²) in [6.45, 7) is 4.29. The molecule has 0 aliphatic rings. The van der Waals surface area contributed by atoms with E-state index in [0.717, 1.165) is 17.0 Å². The molecule has 0 radical (unpaired) electrons. The van der Waals surface area contributed by atoms with Crippen molar-refractivity contribution in [3.8, 4) is 22.9 Å². The van der Waals surface area contributed by atoms with Gasteiger partial charge in [0.1, 0.15) is 23.4 Å². The maximum absolute atomic E-state index is 11.7.